The van der Waals surface area contributed by atoms with E-state index in [1.807, 2.05) is 30.3 Å². The van der Waals surface area contributed by atoms with E-state index in [9.17, 15) is 26.4 Å². The number of carboxylic acid groups (broad SMARTS) is 2. The van der Waals surface area contributed by atoms with Crippen molar-refractivity contribution < 1.29 is 36.6 Å². The van der Waals surface area contributed by atoms with Crippen molar-refractivity contribution in [2.75, 3.05) is 8.61 Å². The van der Waals surface area contributed by atoms with E-state index >= 15 is 0 Å². The Morgan fingerprint density at radius 3 is 1.32 bits per heavy atom. The highest BCUT2D eigenvalue weighted by atomic mass is 35.5. The van der Waals surface area contributed by atoms with Crippen LogP contribution in [0.3, 0.4) is 0 Å². The molecule has 0 spiro atoms. The molecule has 2 heterocycles. The van der Waals surface area contributed by atoms with Crippen molar-refractivity contribution in [1.29, 1.82) is 0 Å². The van der Waals surface area contributed by atoms with Crippen LogP contribution in [0.25, 0.3) is 0 Å². The van der Waals surface area contributed by atoms with E-state index in [0.717, 1.165) is 11.1 Å². The van der Waals surface area contributed by atoms with Gasteiger partial charge in [-0.05, 0) is 71.8 Å². The topological polar surface area (TPSA) is 185 Å². The quantitative estimate of drug-likeness (QED) is 0.157. The summed E-state index contributed by atoms with van der Waals surface area (Å²) < 4.78 is 58.0. The number of rotatable bonds is 12. The van der Waals surface area contributed by atoms with E-state index in [1.54, 1.807) is 47.5 Å². The number of hydrogen-bond donors (Lipinski definition) is 2. The zero-order valence-corrected chi connectivity index (χ0v) is 30.6. The highest BCUT2D eigenvalue weighted by Crippen LogP contribution is 2.27. The SMILES string of the molecule is Cn1cnc(S(=O)(=O)N(Cc2ccc(Cl)cc2)c2ccc(C(=O)O)cc2)c1.Cn1cnc(S(=O)(=O)N(Cc2ccccc2)c2ccc(C(=O)O)cc2)c1. The van der Waals surface area contributed by atoms with Gasteiger partial charge in [-0.25, -0.2) is 19.6 Å². The van der Waals surface area contributed by atoms with Crippen molar-refractivity contribution in [3.8, 4) is 0 Å². The number of aromatic carboxylic acids is 2. The first-order valence-electron chi connectivity index (χ1n) is 15.6. The second-order valence-corrected chi connectivity index (χ2v) is 15.6. The third-order valence-corrected chi connectivity index (χ3v) is 11.3. The summed E-state index contributed by atoms with van der Waals surface area (Å²) in [6, 6.07) is 27.3. The van der Waals surface area contributed by atoms with Crippen LogP contribution < -0.4 is 8.61 Å². The van der Waals surface area contributed by atoms with Crippen molar-refractivity contribution in [3.05, 3.63) is 155 Å². The maximum atomic E-state index is 13.1. The minimum atomic E-state index is -3.95. The number of imidazole rings is 2. The molecule has 0 aliphatic rings. The van der Waals surface area contributed by atoms with E-state index in [1.165, 1.54) is 82.2 Å². The van der Waals surface area contributed by atoms with Crippen LogP contribution in [0.5, 0.6) is 0 Å². The summed E-state index contributed by atoms with van der Waals surface area (Å²) in [6.07, 6.45) is 5.66. The lowest BCUT2D eigenvalue weighted by atomic mass is 10.2. The highest BCUT2D eigenvalue weighted by Gasteiger charge is 2.29. The molecule has 6 rings (SSSR count). The monoisotopic (exact) mass is 776 g/mol. The second-order valence-electron chi connectivity index (χ2n) is 11.6. The Labute approximate surface area is 310 Å². The van der Waals surface area contributed by atoms with E-state index < -0.39 is 32.0 Å². The minimum absolute atomic E-state index is 0.0441. The molecular weight excluding hydrogens is 744 g/mol. The number of nitrogens with zero attached hydrogens (tertiary/aromatic N) is 6. The number of aromatic nitrogens is 4. The van der Waals surface area contributed by atoms with Crippen molar-refractivity contribution >= 4 is 55.0 Å². The molecule has 0 amide bonds. The third kappa shape index (κ3) is 9.29. The lowest BCUT2D eigenvalue weighted by Crippen LogP contribution is -2.31. The predicted octanol–water partition coefficient (Wildman–Crippen LogP) is 5.68. The molecule has 4 aromatic carbocycles. The van der Waals surface area contributed by atoms with Crippen molar-refractivity contribution in [3.63, 3.8) is 0 Å². The van der Waals surface area contributed by atoms with Crippen LogP contribution in [0.4, 0.5) is 11.4 Å². The van der Waals surface area contributed by atoms with Gasteiger partial charge in [0.2, 0.25) is 0 Å². The second kappa shape index (κ2) is 16.1. The lowest BCUT2D eigenvalue weighted by molar-refractivity contribution is 0.0686. The molecule has 0 fully saturated rings. The number of aryl methyl sites for hydroxylation is 2. The fraction of sp³-hybridized carbons (Fsp3) is 0.111. The molecule has 0 atom stereocenters. The Kier molecular flexibility index (Phi) is 11.7. The Balaban J connectivity index is 0.000000204. The van der Waals surface area contributed by atoms with Crippen LogP contribution in [-0.4, -0.2) is 58.1 Å². The summed E-state index contributed by atoms with van der Waals surface area (Å²) in [4.78, 5) is 30.0. The largest absolute Gasteiger partial charge is 0.478 e. The van der Waals surface area contributed by atoms with Crippen LogP contribution >= 0.6 is 11.6 Å². The Morgan fingerprint density at radius 2 is 0.981 bits per heavy atom. The summed E-state index contributed by atoms with van der Waals surface area (Å²) in [5, 5.41) is 18.5. The summed E-state index contributed by atoms with van der Waals surface area (Å²) in [5.74, 6) is -2.16. The van der Waals surface area contributed by atoms with Gasteiger partial charge in [-0.3, -0.25) is 8.61 Å². The molecular formula is C36H33ClN6O8S2. The maximum Gasteiger partial charge on any atom is 0.335 e. The van der Waals surface area contributed by atoms with Gasteiger partial charge in [-0.2, -0.15) is 16.8 Å². The van der Waals surface area contributed by atoms with Gasteiger partial charge in [0.25, 0.3) is 20.0 Å². The molecule has 0 bridgehead atoms. The summed E-state index contributed by atoms with van der Waals surface area (Å²) >= 11 is 5.90. The molecule has 0 unspecified atom stereocenters. The normalized spacial score (nSPS) is 11.3. The molecule has 17 heteroatoms. The van der Waals surface area contributed by atoms with Crippen LogP contribution in [0.2, 0.25) is 5.02 Å². The first-order valence-corrected chi connectivity index (χ1v) is 18.9. The van der Waals surface area contributed by atoms with Gasteiger partial charge in [0.1, 0.15) is 0 Å². The fourth-order valence-electron chi connectivity index (χ4n) is 4.95. The van der Waals surface area contributed by atoms with Crippen molar-refractivity contribution in [1.82, 2.24) is 19.1 Å². The summed E-state index contributed by atoms with van der Waals surface area (Å²) in [7, 11) is -4.50. The van der Waals surface area contributed by atoms with Gasteiger partial charge in [0, 0.05) is 31.5 Å². The number of anilines is 2. The number of carboxylic acids is 2. The average Bonchev–Trinajstić information content (AvgIpc) is 3.80. The van der Waals surface area contributed by atoms with Crippen LogP contribution in [0.15, 0.2) is 138 Å². The van der Waals surface area contributed by atoms with E-state index in [2.05, 4.69) is 9.97 Å². The van der Waals surface area contributed by atoms with Gasteiger partial charge in [0.15, 0.2) is 10.1 Å². The molecule has 53 heavy (non-hydrogen) atoms. The van der Waals surface area contributed by atoms with Gasteiger partial charge in [0.05, 0.1) is 48.2 Å². The number of halogens is 1. The first kappa shape index (κ1) is 38.3. The summed E-state index contributed by atoms with van der Waals surface area (Å²) in [5.41, 5.74) is 2.38. The molecule has 0 aliphatic heterocycles. The number of carbonyl (C=O) groups is 2. The van der Waals surface area contributed by atoms with Gasteiger partial charge < -0.3 is 19.3 Å². The summed E-state index contributed by atoms with van der Waals surface area (Å²) in [6.45, 7) is 0.147. The fourth-order valence-corrected chi connectivity index (χ4v) is 7.92. The van der Waals surface area contributed by atoms with E-state index in [-0.39, 0.29) is 34.3 Å². The molecule has 14 nitrogen and oxygen atoms in total. The van der Waals surface area contributed by atoms with E-state index in [0.29, 0.717) is 16.4 Å². The third-order valence-electron chi connectivity index (χ3n) is 7.68. The standard InChI is InChI=1S/C18H16ClN3O4S.C18H17N3O4S/c1-21-11-17(20-12-21)27(25,26)22(10-13-2-6-15(19)7-3-13)16-8-4-14(5-9-16)18(23)24;1-20-12-17(19-13-20)26(24,25)21(11-14-5-3-2-4-6-14)16-9-7-15(8-10-16)18(22)23/h2-9,11-12H,10H2,1H3,(H,23,24);2-10,12-13H,11H2,1H3,(H,22,23). The molecule has 0 saturated heterocycles. The molecule has 2 aromatic heterocycles. The van der Waals surface area contributed by atoms with Gasteiger partial charge >= 0.3 is 11.9 Å². The zero-order valence-electron chi connectivity index (χ0n) is 28.3. The highest BCUT2D eigenvalue weighted by molar-refractivity contribution is 7.93. The Bertz CT molecular complexity index is 2420. The predicted molar refractivity (Wildman–Crippen MR) is 198 cm³/mol. The number of hydrogen-bond acceptors (Lipinski definition) is 8. The van der Waals surface area contributed by atoms with Crippen molar-refractivity contribution in [2.24, 2.45) is 14.1 Å². The zero-order chi connectivity index (χ0) is 38.3. The first-order chi connectivity index (χ1) is 25.1. The van der Waals surface area contributed by atoms with Crippen molar-refractivity contribution in [2.45, 2.75) is 23.1 Å². The lowest BCUT2D eigenvalue weighted by Gasteiger charge is -2.23. The van der Waals surface area contributed by atoms with Crippen LogP contribution in [-0.2, 0) is 47.2 Å². The van der Waals surface area contributed by atoms with Gasteiger partial charge in [-0.15, -0.1) is 0 Å². The maximum absolute atomic E-state index is 13.1. The van der Waals surface area contributed by atoms with Gasteiger partial charge in [-0.1, -0.05) is 54.1 Å². The molecule has 0 radical (unpaired) electrons. The number of benzene rings is 4. The smallest absolute Gasteiger partial charge is 0.335 e. The molecule has 2 N–H and O–H groups in total. The molecule has 274 valence electrons. The Hall–Kier alpha value is -5.97. The van der Waals surface area contributed by atoms with Crippen LogP contribution in [0.1, 0.15) is 31.8 Å². The van der Waals surface area contributed by atoms with Crippen LogP contribution in [0, 0.1) is 0 Å². The van der Waals surface area contributed by atoms with E-state index in [4.69, 9.17) is 21.8 Å². The number of sulfonamides is 2. The Morgan fingerprint density at radius 1 is 0.604 bits per heavy atom. The average molecular weight is 777 g/mol. The molecule has 0 aliphatic carbocycles. The molecule has 6 aromatic rings. The minimum Gasteiger partial charge on any atom is -0.478 e. The molecule has 0 saturated carbocycles.